The number of para-hydroxylation sites is 1. The number of nitrogen functional groups attached to an aromatic ring is 1. The Labute approximate surface area is 112 Å². The molecule has 0 bridgehead atoms. The molecule has 0 aromatic heterocycles. The van der Waals surface area contributed by atoms with Crippen molar-refractivity contribution in [1.82, 2.24) is 0 Å². The molecule has 0 aliphatic carbocycles. The summed E-state index contributed by atoms with van der Waals surface area (Å²) in [6.45, 7) is 1.99. The average molecular weight is 255 g/mol. The minimum Gasteiger partial charge on any atom is -0.507 e. The van der Waals surface area contributed by atoms with Gasteiger partial charge in [0.05, 0.1) is 5.56 Å². The molecule has 0 amide bonds. The lowest BCUT2D eigenvalue weighted by Gasteiger charge is -2.12. The van der Waals surface area contributed by atoms with Crippen molar-refractivity contribution < 1.29 is 9.90 Å². The topological polar surface area (TPSA) is 63.3 Å². The molecular weight excluding hydrogens is 238 g/mol. The van der Waals surface area contributed by atoms with Crippen LogP contribution in [0.2, 0.25) is 0 Å². The minimum atomic E-state index is -0.0533. The van der Waals surface area contributed by atoms with E-state index >= 15 is 0 Å². The monoisotopic (exact) mass is 255 g/mol. The van der Waals surface area contributed by atoms with E-state index in [1.54, 1.807) is 18.2 Å². The number of benzene rings is 2. The summed E-state index contributed by atoms with van der Waals surface area (Å²) in [4.78, 5) is 12.1. The Hall–Kier alpha value is -2.29. The molecule has 0 aliphatic rings. The summed E-state index contributed by atoms with van der Waals surface area (Å²) in [5.41, 5.74) is 7.80. The van der Waals surface area contributed by atoms with Crippen LogP contribution in [0, 0.1) is 0 Å². The molecule has 0 saturated carbocycles. The number of Topliss-reactive ketones (excluding diaryl/α,β-unsaturated/α-hetero) is 1. The van der Waals surface area contributed by atoms with Crippen molar-refractivity contribution in [3.05, 3.63) is 59.7 Å². The third kappa shape index (κ3) is 3.13. The third-order valence-corrected chi connectivity index (χ3v) is 3.20. The quantitative estimate of drug-likeness (QED) is 0.650. The first-order chi connectivity index (χ1) is 9.08. The summed E-state index contributed by atoms with van der Waals surface area (Å²) in [6.07, 6.45) is 0.363. The first-order valence-corrected chi connectivity index (χ1v) is 6.24. The Morgan fingerprint density at radius 2 is 1.79 bits per heavy atom. The van der Waals surface area contributed by atoms with E-state index in [9.17, 15) is 9.90 Å². The number of nitrogens with two attached hydrogens (primary N) is 1. The number of hydrogen-bond donors (Lipinski definition) is 2. The first kappa shape index (κ1) is 13.1. The van der Waals surface area contributed by atoms with Gasteiger partial charge in [0.25, 0.3) is 0 Å². The van der Waals surface area contributed by atoms with Gasteiger partial charge in [0.15, 0.2) is 5.78 Å². The number of carbonyl (C=O) groups excluding carboxylic acids is 1. The van der Waals surface area contributed by atoms with Gasteiger partial charge in [-0.1, -0.05) is 31.2 Å². The SMILES string of the molecule is CC(CC(=O)c1ccccc1O)c1ccc(N)cc1. The summed E-state index contributed by atoms with van der Waals surface area (Å²) in [6, 6.07) is 14.1. The molecule has 1 unspecified atom stereocenters. The maximum atomic E-state index is 12.1. The Bertz CT molecular complexity index is 576. The number of aromatic hydroxyl groups is 1. The van der Waals surface area contributed by atoms with E-state index in [0.29, 0.717) is 17.7 Å². The lowest BCUT2D eigenvalue weighted by atomic mass is 9.93. The van der Waals surface area contributed by atoms with E-state index in [2.05, 4.69) is 0 Å². The molecule has 0 aliphatic heterocycles. The van der Waals surface area contributed by atoms with Crippen molar-refractivity contribution in [2.45, 2.75) is 19.3 Å². The second-order valence-corrected chi connectivity index (χ2v) is 4.71. The largest absolute Gasteiger partial charge is 0.507 e. The Morgan fingerprint density at radius 1 is 1.16 bits per heavy atom. The maximum Gasteiger partial charge on any atom is 0.167 e. The number of ketones is 1. The zero-order chi connectivity index (χ0) is 13.8. The van der Waals surface area contributed by atoms with Gasteiger partial charge < -0.3 is 10.8 Å². The van der Waals surface area contributed by atoms with Gasteiger partial charge in [0.2, 0.25) is 0 Å². The number of hydrogen-bond acceptors (Lipinski definition) is 3. The van der Waals surface area contributed by atoms with Crippen molar-refractivity contribution >= 4 is 11.5 Å². The standard InChI is InChI=1S/C16H17NO2/c1-11(12-6-8-13(17)9-7-12)10-16(19)14-4-2-3-5-15(14)18/h2-9,11,18H,10,17H2,1H3. The number of phenols is 1. The highest BCUT2D eigenvalue weighted by Crippen LogP contribution is 2.25. The van der Waals surface area contributed by atoms with E-state index in [0.717, 1.165) is 5.56 Å². The van der Waals surface area contributed by atoms with E-state index in [1.807, 2.05) is 31.2 Å². The van der Waals surface area contributed by atoms with Gasteiger partial charge in [-0.05, 0) is 35.7 Å². The molecular formula is C16H17NO2. The van der Waals surface area contributed by atoms with Crippen LogP contribution in [0.4, 0.5) is 5.69 Å². The van der Waals surface area contributed by atoms with Crippen molar-refractivity contribution in [2.75, 3.05) is 5.73 Å². The number of phenolic OH excluding ortho intramolecular Hbond substituents is 1. The summed E-state index contributed by atoms with van der Waals surface area (Å²) in [5, 5.41) is 9.66. The fourth-order valence-corrected chi connectivity index (χ4v) is 2.04. The lowest BCUT2D eigenvalue weighted by molar-refractivity contribution is 0.0973. The molecule has 3 nitrogen and oxygen atoms in total. The molecule has 1 atom stereocenters. The van der Waals surface area contributed by atoms with Crippen LogP contribution in [0.25, 0.3) is 0 Å². The highest BCUT2D eigenvalue weighted by molar-refractivity contribution is 5.98. The smallest absolute Gasteiger partial charge is 0.167 e. The molecule has 0 heterocycles. The van der Waals surface area contributed by atoms with Gasteiger partial charge in [0, 0.05) is 12.1 Å². The molecule has 2 aromatic rings. The molecule has 3 heteroatoms. The number of anilines is 1. The van der Waals surface area contributed by atoms with Crippen LogP contribution >= 0.6 is 0 Å². The molecule has 0 radical (unpaired) electrons. The fourth-order valence-electron chi connectivity index (χ4n) is 2.04. The molecule has 2 aromatic carbocycles. The zero-order valence-corrected chi connectivity index (χ0v) is 10.8. The summed E-state index contributed by atoms with van der Waals surface area (Å²) in [7, 11) is 0. The Balaban J connectivity index is 2.11. The molecule has 0 spiro atoms. The van der Waals surface area contributed by atoms with Crippen LogP contribution in [0.15, 0.2) is 48.5 Å². The Kier molecular flexibility index (Phi) is 3.85. The van der Waals surface area contributed by atoms with Crippen LogP contribution in [0.5, 0.6) is 5.75 Å². The van der Waals surface area contributed by atoms with E-state index < -0.39 is 0 Å². The van der Waals surface area contributed by atoms with Crippen LogP contribution < -0.4 is 5.73 Å². The van der Waals surface area contributed by atoms with Gasteiger partial charge in [-0.3, -0.25) is 4.79 Å². The minimum absolute atomic E-state index is 0.0389. The Morgan fingerprint density at radius 3 is 2.42 bits per heavy atom. The first-order valence-electron chi connectivity index (χ1n) is 6.24. The predicted octanol–water partition coefficient (Wildman–Crippen LogP) is 3.35. The maximum absolute atomic E-state index is 12.1. The van der Waals surface area contributed by atoms with Crippen molar-refractivity contribution in [2.24, 2.45) is 0 Å². The van der Waals surface area contributed by atoms with Gasteiger partial charge in [-0.15, -0.1) is 0 Å². The van der Waals surface area contributed by atoms with Crippen LogP contribution in [0.1, 0.15) is 35.2 Å². The van der Waals surface area contributed by atoms with Gasteiger partial charge in [0.1, 0.15) is 5.75 Å². The van der Waals surface area contributed by atoms with Gasteiger partial charge in [-0.25, -0.2) is 0 Å². The highest BCUT2D eigenvalue weighted by Gasteiger charge is 2.15. The van der Waals surface area contributed by atoms with E-state index in [1.165, 1.54) is 6.07 Å². The molecule has 98 valence electrons. The molecule has 3 N–H and O–H groups in total. The van der Waals surface area contributed by atoms with Crippen LogP contribution in [0.3, 0.4) is 0 Å². The summed E-state index contributed by atoms with van der Waals surface area (Å²) >= 11 is 0. The number of carbonyl (C=O) groups is 1. The van der Waals surface area contributed by atoms with E-state index in [-0.39, 0.29) is 17.5 Å². The molecule has 0 fully saturated rings. The zero-order valence-electron chi connectivity index (χ0n) is 10.8. The molecule has 0 saturated heterocycles. The number of rotatable bonds is 4. The lowest BCUT2D eigenvalue weighted by Crippen LogP contribution is -2.05. The summed E-state index contributed by atoms with van der Waals surface area (Å²) < 4.78 is 0. The second kappa shape index (κ2) is 5.57. The van der Waals surface area contributed by atoms with Crippen LogP contribution in [-0.4, -0.2) is 10.9 Å². The van der Waals surface area contributed by atoms with Crippen molar-refractivity contribution in [3.8, 4) is 5.75 Å². The third-order valence-electron chi connectivity index (χ3n) is 3.20. The predicted molar refractivity (Wildman–Crippen MR) is 76.3 cm³/mol. The summed E-state index contributed by atoms with van der Waals surface area (Å²) in [5.74, 6) is 0.0761. The van der Waals surface area contributed by atoms with Gasteiger partial charge >= 0.3 is 0 Å². The van der Waals surface area contributed by atoms with Crippen LogP contribution in [-0.2, 0) is 0 Å². The molecule has 19 heavy (non-hydrogen) atoms. The average Bonchev–Trinajstić information content (AvgIpc) is 2.39. The van der Waals surface area contributed by atoms with Crippen molar-refractivity contribution in [1.29, 1.82) is 0 Å². The molecule has 2 rings (SSSR count). The van der Waals surface area contributed by atoms with Gasteiger partial charge in [-0.2, -0.15) is 0 Å². The normalized spacial score (nSPS) is 12.1. The van der Waals surface area contributed by atoms with Crippen molar-refractivity contribution in [3.63, 3.8) is 0 Å². The second-order valence-electron chi connectivity index (χ2n) is 4.71. The highest BCUT2D eigenvalue weighted by atomic mass is 16.3. The van der Waals surface area contributed by atoms with E-state index in [4.69, 9.17) is 5.73 Å². The fraction of sp³-hybridized carbons (Fsp3) is 0.188.